The number of anilines is 1. The third-order valence-corrected chi connectivity index (χ3v) is 6.54. The van der Waals surface area contributed by atoms with Crippen molar-refractivity contribution in [3.8, 4) is 5.75 Å². The van der Waals surface area contributed by atoms with Gasteiger partial charge in [0.2, 0.25) is 13.3 Å². The molecule has 14 heteroatoms. The van der Waals surface area contributed by atoms with Crippen LogP contribution in [0.1, 0.15) is 13.8 Å². The second kappa shape index (κ2) is 10.3. The molecule has 0 aliphatic heterocycles. The average Bonchev–Trinajstić information content (AvgIpc) is 3.07. The molecule has 0 saturated carbocycles. The monoisotopic (exact) mass is 505 g/mol. The van der Waals surface area contributed by atoms with Crippen LogP contribution in [-0.2, 0) is 15.8 Å². The van der Waals surface area contributed by atoms with Crippen molar-refractivity contribution in [2.75, 3.05) is 24.9 Å². The van der Waals surface area contributed by atoms with Crippen molar-refractivity contribution in [3.63, 3.8) is 0 Å². The van der Waals surface area contributed by atoms with E-state index in [9.17, 15) is 22.6 Å². The van der Waals surface area contributed by atoms with Crippen LogP contribution >= 0.6 is 19.1 Å². The first-order valence-electron chi connectivity index (χ1n) is 9.81. The largest absolute Gasteiger partial charge is 0.490 e. The number of alkyl halides is 3. The minimum Gasteiger partial charge on any atom is -0.490 e. The number of rotatable bonds is 10. The van der Waals surface area contributed by atoms with Gasteiger partial charge in [-0.25, -0.2) is 9.97 Å². The maximum atomic E-state index is 12.3. The third kappa shape index (κ3) is 7.32. The number of para-hydroxylation sites is 1. The van der Waals surface area contributed by atoms with Crippen molar-refractivity contribution < 1.29 is 32.1 Å². The molecule has 0 bridgehead atoms. The number of nitrogens with zero attached hydrogens (tertiary/aromatic N) is 4. The normalized spacial score (nSPS) is 14.0. The van der Waals surface area contributed by atoms with E-state index in [0.717, 1.165) is 4.90 Å². The molecule has 0 aliphatic carbocycles. The van der Waals surface area contributed by atoms with Crippen molar-refractivity contribution in [2.45, 2.75) is 42.6 Å². The molecule has 3 N–H and O–H groups in total. The van der Waals surface area contributed by atoms with Crippen LogP contribution in [0, 0.1) is 0 Å². The molecule has 1 atom stereocenters. The number of ether oxygens (including phenoxy) is 2. The standard InChI is InChI=1S/C19H23F3N5O4PS/c1-12(2)31-13-5-3-4-6-14(13)33-17-15-16(25-18(23)26-17)27(10-24-15)7-8-30-11-32(28,29)9-19(20,21)22/h3-6,10,12H,7-9,11H2,1-2H3,(H,28,29)(H2,23,25,26). The van der Waals surface area contributed by atoms with E-state index in [4.69, 9.17) is 15.2 Å². The molecule has 1 aromatic carbocycles. The van der Waals surface area contributed by atoms with E-state index in [1.807, 2.05) is 38.1 Å². The van der Waals surface area contributed by atoms with Gasteiger partial charge >= 0.3 is 6.18 Å². The Morgan fingerprint density at radius 3 is 2.70 bits per heavy atom. The summed E-state index contributed by atoms with van der Waals surface area (Å²) in [4.78, 5) is 23.0. The minimum absolute atomic E-state index is 0.0139. The van der Waals surface area contributed by atoms with Gasteiger partial charge in [0.1, 0.15) is 28.8 Å². The average molecular weight is 505 g/mol. The third-order valence-electron chi connectivity index (χ3n) is 4.06. The lowest BCUT2D eigenvalue weighted by molar-refractivity contribution is -0.108. The number of benzene rings is 1. The molecule has 9 nitrogen and oxygen atoms in total. The Labute approximate surface area is 192 Å². The van der Waals surface area contributed by atoms with E-state index in [1.165, 1.54) is 18.1 Å². The van der Waals surface area contributed by atoms with Gasteiger partial charge in [0.15, 0.2) is 5.65 Å². The summed E-state index contributed by atoms with van der Waals surface area (Å²) in [7, 11) is -4.47. The van der Waals surface area contributed by atoms with Gasteiger partial charge in [0, 0.05) is 6.54 Å². The van der Waals surface area contributed by atoms with E-state index in [2.05, 4.69) is 15.0 Å². The van der Waals surface area contributed by atoms with Crippen molar-refractivity contribution in [1.29, 1.82) is 0 Å². The summed E-state index contributed by atoms with van der Waals surface area (Å²) in [6.07, 6.45) is -5.98. The van der Waals surface area contributed by atoms with Crippen LogP contribution in [0.25, 0.3) is 11.2 Å². The number of aromatic nitrogens is 4. The maximum absolute atomic E-state index is 12.3. The fourth-order valence-corrected chi connectivity index (χ4v) is 4.87. The van der Waals surface area contributed by atoms with Crippen molar-refractivity contribution in [1.82, 2.24) is 19.5 Å². The van der Waals surface area contributed by atoms with Crippen molar-refractivity contribution in [2.24, 2.45) is 0 Å². The summed E-state index contributed by atoms with van der Waals surface area (Å²) in [6.45, 7) is 3.86. The minimum atomic E-state index is -4.74. The summed E-state index contributed by atoms with van der Waals surface area (Å²) >= 11 is 1.31. The number of imidazole rings is 1. The highest BCUT2D eigenvalue weighted by atomic mass is 32.2. The molecule has 0 aliphatic rings. The molecule has 3 aromatic rings. The van der Waals surface area contributed by atoms with Crippen LogP contribution in [0.5, 0.6) is 5.75 Å². The van der Waals surface area contributed by atoms with Crippen LogP contribution in [0.2, 0.25) is 0 Å². The highest BCUT2D eigenvalue weighted by Gasteiger charge is 2.38. The van der Waals surface area contributed by atoms with Gasteiger partial charge in [-0.1, -0.05) is 23.9 Å². The van der Waals surface area contributed by atoms with E-state index < -0.39 is 26.1 Å². The summed E-state index contributed by atoms with van der Waals surface area (Å²) in [6, 6.07) is 7.45. The number of halogens is 3. The van der Waals surface area contributed by atoms with Crippen LogP contribution in [0.15, 0.2) is 40.5 Å². The van der Waals surface area contributed by atoms with Crippen LogP contribution in [0.3, 0.4) is 0 Å². The highest BCUT2D eigenvalue weighted by molar-refractivity contribution is 7.99. The summed E-state index contributed by atoms with van der Waals surface area (Å²) in [5.41, 5.74) is 6.75. The number of hydrogen-bond acceptors (Lipinski definition) is 8. The highest BCUT2D eigenvalue weighted by Crippen LogP contribution is 2.45. The van der Waals surface area contributed by atoms with Gasteiger partial charge in [-0.3, -0.25) is 4.57 Å². The predicted octanol–water partition coefficient (Wildman–Crippen LogP) is 4.15. The molecule has 180 valence electrons. The molecule has 0 saturated heterocycles. The fraction of sp³-hybridized carbons (Fsp3) is 0.421. The van der Waals surface area contributed by atoms with Gasteiger partial charge in [-0.15, -0.1) is 0 Å². The zero-order chi connectivity index (χ0) is 24.2. The van der Waals surface area contributed by atoms with Crippen LogP contribution in [-0.4, -0.2) is 55.8 Å². The zero-order valence-corrected chi connectivity index (χ0v) is 19.5. The van der Waals surface area contributed by atoms with Gasteiger partial charge in [0.25, 0.3) is 0 Å². The zero-order valence-electron chi connectivity index (χ0n) is 17.8. The SMILES string of the molecule is CC(C)Oc1ccccc1Sc1nc(N)nc2c1ncn2CCOCP(=O)(O)CC(F)(F)F. The summed E-state index contributed by atoms with van der Waals surface area (Å²) in [5, 5.41) is 0.502. The molecule has 0 amide bonds. The van der Waals surface area contributed by atoms with Crippen LogP contribution < -0.4 is 10.5 Å². The molecular formula is C19H23F3N5O4PS. The maximum Gasteiger partial charge on any atom is 0.398 e. The van der Waals surface area contributed by atoms with Gasteiger partial charge in [-0.05, 0) is 26.0 Å². The number of fused-ring (bicyclic) bond motifs is 1. The number of nitrogens with two attached hydrogens (primary N) is 1. The Balaban J connectivity index is 1.73. The van der Waals surface area contributed by atoms with E-state index in [0.29, 0.717) is 21.9 Å². The summed E-state index contributed by atoms with van der Waals surface area (Å²) < 4.78 is 61.1. The summed E-state index contributed by atoms with van der Waals surface area (Å²) in [5.74, 6) is 0.697. The van der Waals surface area contributed by atoms with E-state index >= 15 is 0 Å². The first kappa shape index (κ1) is 25.3. The number of hydrogen-bond donors (Lipinski definition) is 2. The Kier molecular flexibility index (Phi) is 7.88. The topological polar surface area (TPSA) is 125 Å². The second-order valence-corrected chi connectivity index (χ2v) is 10.7. The van der Waals surface area contributed by atoms with Gasteiger partial charge in [-0.2, -0.15) is 18.2 Å². The molecule has 1 unspecified atom stereocenters. The second-order valence-electron chi connectivity index (χ2n) is 7.37. The lowest BCUT2D eigenvalue weighted by Gasteiger charge is -2.14. The quantitative estimate of drug-likeness (QED) is 0.237. The Bertz CT molecular complexity index is 1160. The van der Waals surface area contributed by atoms with Gasteiger partial charge < -0.3 is 24.7 Å². The molecule has 33 heavy (non-hydrogen) atoms. The molecule has 0 spiro atoms. The Morgan fingerprint density at radius 1 is 1.27 bits per heavy atom. The fourth-order valence-electron chi connectivity index (χ4n) is 2.86. The molecule has 2 heterocycles. The molecule has 3 rings (SSSR count). The van der Waals surface area contributed by atoms with Crippen LogP contribution in [0.4, 0.5) is 19.1 Å². The Hall–Kier alpha value is -2.34. The first-order valence-corrected chi connectivity index (χ1v) is 12.7. The number of nitrogen functional groups attached to an aromatic ring is 1. The van der Waals surface area contributed by atoms with Crippen molar-refractivity contribution >= 4 is 36.2 Å². The van der Waals surface area contributed by atoms with Gasteiger partial charge in [0.05, 0.1) is 23.9 Å². The first-order chi connectivity index (χ1) is 15.4. The molecule has 0 fully saturated rings. The lowest BCUT2D eigenvalue weighted by atomic mass is 10.3. The van der Waals surface area contributed by atoms with E-state index in [-0.39, 0.29) is 25.2 Å². The molecular weight excluding hydrogens is 482 g/mol. The lowest BCUT2D eigenvalue weighted by Crippen LogP contribution is -2.17. The Morgan fingerprint density at radius 2 is 2.00 bits per heavy atom. The predicted molar refractivity (Wildman–Crippen MR) is 118 cm³/mol. The smallest absolute Gasteiger partial charge is 0.398 e. The van der Waals surface area contributed by atoms with Crippen molar-refractivity contribution in [3.05, 3.63) is 30.6 Å². The molecule has 2 aromatic heterocycles. The molecule has 0 radical (unpaired) electrons. The van der Waals surface area contributed by atoms with E-state index in [1.54, 1.807) is 4.57 Å².